The predicted octanol–water partition coefficient (Wildman–Crippen LogP) is 1.14. The highest BCUT2D eigenvalue weighted by Crippen LogP contribution is 2.28. The number of carbonyl (C=O) groups excluding carboxylic acids is 1. The van der Waals surface area contributed by atoms with E-state index in [4.69, 9.17) is 4.74 Å². The Labute approximate surface area is 163 Å². The van der Waals surface area contributed by atoms with E-state index >= 15 is 0 Å². The van der Waals surface area contributed by atoms with Crippen LogP contribution in [-0.2, 0) is 11.8 Å². The van der Waals surface area contributed by atoms with E-state index < -0.39 is 0 Å². The van der Waals surface area contributed by atoms with Gasteiger partial charge in [0.1, 0.15) is 9.88 Å². The Bertz CT molecular complexity index is 875. The topological polar surface area (TPSA) is 89.4 Å². The van der Waals surface area contributed by atoms with Crippen molar-refractivity contribution < 1.29 is 9.53 Å². The van der Waals surface area contributed by atoms with Gasteiger partial charge in [0.2, 0.25) is 0 Å². The van der Waals surface area contributed by atoms with E-state index in [-0.39, 0.29) is 11.5 Å². The molecule has 2 aromatic rings. The van der Waals surface area contributed by atoms with Crippen LogP contribution in [-0.4, -0.2) is 66.0 Å². The van der Waals surface area contributed by atoms with E-state index in [1.807, 2.05) is 20.9 Å². The van der Waals surface area contributed by atoms with Crippen molar-refractivity contribution in [3.63, 3.8) is 0 Å². The van der Waals surface area contributed by atoms with E-state index in [0.29, 0.717) is 34.3 Å². The molecule has 0 saturated heterocycles. The van der Waals surface area contributed by atoms with Crippen molar-refractivity contribution in [2.24, 2.45) is 7.05 Å². The Balaban J connectivity index is 2.15. The smallest absolute Gasteiger partial charge is 0.277 e. The van der Waals surface area contributed by atoms with Crippen LogP contribution in [0.25, 0.3) is 10.6 Å². The van der Waals surface area contributed by atoms with Crippen LogP contribution in [0.4, 0.5) is 0 Å². The average molecular weight is 394 g/mol. The Kier molecular flexibility index (Phi) is 7.23. The Hall–Kier alpha value is -2.10. The van der Waals surface area contributed by atoms with E-state index in [1.54, 1.807) is 21.1 Å². The van der Waals surface area contributed by atoms with Gasteiger partial charge in [-0.25, -0.2) is 9.67 Å². The predicted molar refractivity (Wildman–Crippen MR) is 107 cm³/mol. The molecular weight excluding hydrogens is 366 g/mol. The van der Waals surface area contributed by atoms with Crippen molar-refractivity contribution in [3.05, 3.63) is 32.2 Å². The third-order valence-corrected chi connectivity index (χ3v) is 5.57. The summed E-state index contributed by atoms with van der Waals surface area (Å²) in [6, 6.07) is 0. The Morgan fingerprint density at radius 3 is 2.63 bits per heavy atom. The van der Waals surface area contributed by atoms with Crippen molar-refractivity contribution in [2.75, 3.05) is 40.4 Å². The molecule has 0 spiro atoms. The molecule has 2 heterocycles. The van der Waals surface area contributed by atoms with Crippen molar-refractivity contribution in [1.82, 2.24) is 25.0 Å². The molecule has 0 aliphatic rings. The number of methoxy groups -OCH3 is 1. The van der Waals surface area contributed by atoms with Crippen LogP contribution in [0.5, 0.6) is 0 Å². The molecule has 0 aliphatic carbocycles. The maximum absolute atomic E-state index is 12.5. The first-order valence-corrected chi connectivity index (χ1v) is 9.55. The first-order valence-electron chi connectivity index (χ1n) is 8.74. The highest BCUT2D eigenvalue weighted by Gasteiger charge is 2.20. The van der Waals surface area contributed by atoms with E-state index in [0.717, 1.165) is 24.3 Å². The molecule has 0 unspecified atom stereocenters. The molecule has 148 valence electrons. The quantitative estimate of drug-likeness (QED) is 0.723. The lowest BCUT2D eigenvalue weighted by Gasteiger charge is -2.15. The Morgan fingerprint density at radius 1 is 1.26 bits per heavy atom. The number of nitrogens with one attached hydrogen (secondary N) is 1. The molecular formula is C18H27N5O3S. The fourth-order valence-electron chi connectivity index (χ4n) is 2.61. The lowest BCUT2D eigenvalue weighted by atomic mass is 10.1. The number of likely N-dealkylation sites (N-methyl/N-ethyl adjacent to an activating group) is 1. The minimum Gasteiger partial charge on any atom is -0.383 e. The average Bonchev–Trinajstić information content (AvgIpc) is 2.99. The van der Waals surface area contributed by atoms with Crippen LogP contribution in [0, 0.1) is 20.8 Å². The van der Waals surface area contributed by atoms with Gasteiger partial charge in [-0.1, -0.05) is 0 Å². The summed E-state index contributed by atoms with van der Waals surface area (Å²) in [4.78, 5) is 32.1. The maximum Gasteiger partial charge on any atom is 0.277 e. The number of aryl methyl sites for hydroxylation is 3. The molecule has 0 radical (unpaired) electrons. The molecule has 0 saturated carbocycles. The summed E-state index contributed by atoms with van der Waals surface area (Å²) in [6.07, 6.45) is 0. The summed E-state index contributed by atoms with van der Waals surface area (Å²) in [5.74, 6) is -0.170. The van der Waals surface area contributed by atoms with Gasteiger partial charge in [0.25, 0.3) is 11.5 Å². The van der Waals surface area contributed by atoms with Gasteiger partial charge < -0.3 is 15.0 Å². The molecule has 0 fully saturated rings. The van der Waals surface area contributed by atoms with Gasteiger partial charge in [-0.2, -0.15) is 5.10 Å². The molecule has 8 nitrogen and oxygen atoms in total. The van der Waals surface area contributed by atoms with Crippen molar-refractivity contribution in [3.8, 4) is 10.6 Å². The molecule has 1 N–H and O–H groups in total. The molecule has 0 aromatic carbocycles. The fourth-order valence-corrected chi connectivity index (χ4v) is 3.69. The summed E-state index contributed by atoms with van der Waals surface area (Å²) in [5, 5.41) is 7.66. The number of nitrogens with zero attached hydrogens (tertiary/aromatic N) is 4. The SMILES string of the molecule is COCCN(C)CCNC(=O)c1sc(-c2c(C)c(C)nn(C)c2=O)nc1C. The van der Waals surface area contributed by atoms with Gasteiger partial charge in [-0.15, -0.1) is 11.3 Å². The van der Waals surface area contributed by atoms with Crippen LogP contribution in [0.1, 0.15) is 26.6 Å². The van der Waals surface area contributed by atoms with E-state index in [1.165, 1.54) is 16.0 Å². The van der Waals surface area contributed by atoms with Crippen LogP contribution >= 0.6 is 11.3 Å². The number of hydrogen-bond donors (Lipinski definition) is 1. The molecule has 27 heavy (non-hydrogen) atoms. The second kappa shape index (κ2) is 9.20. The van der Waals surface area contributed by atoms with Crippen LogP contribution in [0.3, 0.4) is 0 Å². The molecule has 0 bridgehead atoms. The van der Waals surface area contributed by atoms with Gasteiger partial charge in [0, 0.05) is 33.8 Å². The molecule has 0 atom stereocenters. The number of amides is 1. The van der Waals surface area contributed by atoms with Crippen molar-refractivity contribution in [1.29, 1.82) is 0 Å². The molecule has 2 aromatic heterocycles. The van der Waals surface area contributed by atoms with Crippen LogP contribution in [0.15, 0.2) is 4.79 Å². The number of ether oxygens (including phenoxy) is 1. The first kappa shape index (κ1) is 21.2. The zero-order chi connectivity index (χ0) is 20.1. The van der Waals surface area contributed by atoms with Gasteiger partial charge >= 0.3 is 0 Å². The summed E-state index contributed by atoms with van der Waals surface area (Å²) < 4.78 is 6.35. The summed E-state index contributed by atoms with van der Waals surface area (Å²) in [5.41, 5.74) is 2.48. The highest BCUT2D eigenvalue weighted by atomic mass is 32.1. The number of aromatic nitrogens is 3. The number of rotatable bonds is 8. The zero-order valence-electron chi connectivity index (χ0n) is 16.8. The van der Waals surface area contributed by atoms with Crippen molar-refractivity contribution >= 4 is 17.2 Å². The minimum absolute atomic E-state index is 0.170. The van der Waals surface area contributed by atoms with Crippen LogP contribution < -0.4 is 10.9 Å². The third-order valence-electron chi connectivity index (χ3n) is 4.40. The van der Waals surface area contributed by atoms with Crippen LogP contribution in [0.2, 0.25) is 0 Å². The molecule has 0 aliphatic heterocycles. The summed E-state index contributed by atoms with van der Waals surface area (Å²) >= 11 is 1.24. The third kappa shape index (κ3) is 5.00. The number of carbonyl (C=O) groups is 1. The molecule has 9 heteroatoms. The highest BCUT2D eigenvalue weighted by molar-refractivity contribution is 7.17. The summed E-state index contributed by atoms with van der Waals surface area (Å²) in [7, 11) is 5.26. The standard InChI is InChI=1S/C18H27N5O3S/c1-11-12(2)21-23(5)18(25)14(11)17-20-13(3)15(27-17)16(24)19-7-8-22(4)9-10-26-6/h7-10H2,1-6H3,(H,19,24). The van der Waals surface area contributed by atoms with Gasteiger partial charge in [-0.3, -0.25) is 9.59 Å². The van der Waals surface area contributed by atoms with Gasteiger partial charge in [-0.05, 0) is 33.4 Å². The van der Waals surface area contributed by atoms with E-state index in [2.05, 4.69) is 20.3 Å². The van der Waals surface area contributed by atoms with Gasteiger partial charge in [0.05, 0.1) is 23.6 Å². The van der Waals surface area contributed by atoms with Crippen molar-refractivity contribution in [2.45, 2.75) is 20.8 Å². The zero-order valence-corrected chi connectivity index (χ0v) is 17.6. The normalized spacial score (nSPS) is 11.2. The maximum atomic E-state index is 12.5. The van der Waals surface area contributed by atoms with Gasteiger partial charge in [0.15, 0.2) is 0 Å². The van der Waals surface area contributed by atoms with E-state index in [9.17, 15) is 9.59 Å². The number of hydrogen-bond acceptors (Lipinski definition) is 7. The lowest BCUT2D eigenvalue weighted by Crippen LogP contribution is -2.34. The second-order valence-corrected chi connectivity index (χ2v) is 7.50. The Morgan fingerprint density at radius 2 is 1.96 bits per heavy atom. The minimum atomic E-state index is -0.210. The molecule has 1 amide bonds. The molecule has 2 rings (SSSR count). The number of thiazole rings is 1. The monoisotopic (exact) mass is 393 g/mol. The fraction of sp³-hybridized carbons (Fsp3) is 0.556. The summed E-state index contributed by atoms with van der Waals surface area (Å²) in [6.45, 7) is 8.21. The second-order valence-electron chi connectivity index (χ2n) is 6.50. The largest absolute Gasteiger partial charge is 0.383 e. The lowest BCUT2D eigenvalue weighted by molar-refractivity contribution is 0.0951. The first-order chi connectivity index (χ1) is 12.8.